The van der Waals surface area contributed by atoms with Crippen LogP contribution >= 0.6 is 11.8 Å². The Hall–Kier alpha value is -3.40. The van der Waals surface area contributed by atoms with Gasteiger partial charge in [-0.2, -0.15) is 0 Å². The van der Waals surface area contributed by atoms with Crippen molar-refractivity contribution in [3.05, 3.63) is 57.2 Å². The van der Waals surface area contributed by atoms with Crippen molar-refractivity contribution < 1.29 is 28.5 Å². The van der Waals surface area contributed by atoms with Gasteiger partial charge < -0.3 is 9.15 Å². The number of rotatable bonds is 5. The number of hydrogen-bond acceptors (Lipinski definition) is 8. The summed E-state index contributed by atoms with van der Waals surface area (Å²) in [7, 11) is 1.16. The molecule has 0 N–H and O–H groups in total. The van der Waals surface area contributed by atoms with E-state index in [1.54, 1.807) is 18.2 Å². The number of benzene rings is 1. The Kier molecular flexibility index (Phi) is 5.08. The van der Waals surface area contributed by atoms with Crippen molar-refractivity contribution in [2.75, 3.05) is 13.7 Å². The fourth-order valence-corrected chi connectivity index (χ4v) is 3.19. The summed E-state index contributed by atoms with van der Waals surface area (Å²) in [5.74, 6) is -0.858. The van der Waals surface area contributed by atoms with Gasteiger partial charge in [0.1, 0.15) is 18.1 Å². The monoisotopic (exact) mass is 388 g/mol. The molecule has 1 fully saturated rings. The summed E-state index contributed by atoms with van der Waals surface area (Å²) in [5, 5.41) is 10.5. The number of amides is 2. The number of methoxy groups -OCH3 is 1. The Morgan fingerprint density at radius 3 is 2.74 bits per heavy atom. The summed E-state index contributed by atoms with van der Waals surface area (Å²) in [6, 6.07) is 9.15. The summed E-state index contributed by atoms with van der Waals surface area (Å²) in [5.41, 5.74) is 0.178. The van der Waals surface area contributed by atoms with Crippen molar-refractivity contribution >= 4 is 40.6 Å². The van der Waals surface area contributed by atoms with Gasteiger partial charge in [0.25, 0.3) is 16.8 Å². The smallest absolute Gasteiger partial charge is 0.325 e. The van der Waals surface area contributed by atoms with Crippen LogP contribution in [0.4, 0.5) is 10.5 Å². The first kappa shape index (κ1) is 18.4. The number of imide groups is 1. The molecular formula is C17H12N2O7S. The first-order chi connectivity index (χ1) is 12.9. The van der Waals surface area contributed by atoms with Crippen molar-refractivity contribution in [1.29, 1.82) is 0 Å². The summed E-state index contributed by atoms with van der Waals surface area (Å²) in [4.78, 5) is 46.9. The second kappa shape index (κ2) is 7.46. The quantitative estimate of drug-likeness (QED) is 0.332. The molecule has 138 valence electrons. The predicted molar refractivity (Wildman–Crippen MR) is 95.5 cm³/mol. The molecule has 0 aliphatic carbocycles. The molecular weight excluding hydrogens is 376 g/mol. The molecule has 0 atom stereocenters. The molecule has 2 heterocycles. The highest BCUT2D eigenvalue weighted by Gasteiger charge is 2.36. The molecule has 0 spiro atoms. The molecule has 27 heavy (non-hydrogen) atoms. The Labute approximate surface area is 156 Å². The number of nitrogens with zero attached hydrogens (tertiary/aromatic N) is 2. The number of thioether (sulfide) groups is 1. The molecule has 0 bridgehead atoms. The maximum absolute atomic E-state index is 12.3. The number of hydrogen-bond donors (Lipinski definition) is 0. The molecule has 1 aromatic heterocycles. The number of esters is 1. The molecule has 10 heteroatoms. The van der Waals surface area contributed by atoms with E-state index in [1.165, 1.54) is 24.3 Å². The number of carbonyl (C=O) groups excluding carboxylic acids is 3. The van der Waals surface area contributed by atoms with Gasteiger partial charge in [-0.15, -0.1) is 0 Å². The van der Waals surface area contributed by atoms with Crippen LogP contribution in [0.5, 0.6) is 0 Å². The largest absolute Gasteiger partial charge is 0.468 e. The number of furan rings is 1. The van der Waals surface area contributed by atoms with E-state index >= 15 is 0 Å². The van der Waals surface area contributed by atoms with E-state index in [1.807, 2.05) is 0 Å². The fraction of sp³-hybridized carbons (Fsp3) is 0.118. The summed E-state index contributed by atoms with van der Waals surface area (Å²) >= 11 is 0.665. The van der Waals surface area contributed by atoms with Gasteiger partial charge in [0.05, 0.1) is 22.5 Å². The van der Waals surface area contributed by atoms with Gasteiger partial charge in [-0.25, -0.2) is 0 Å². The van der Waals surface area contributed by atoms with Crippen molar-refractivity contribution in [1.82, 2.24) is 4.90 Å². The average molecular weight is 388 g/mol. The van der Waals surface area contributed by atoms with E-state index in [-0.39, 0.29) is 22.1 Å². The Bertz CT molecular complexity index is 979. The second-order valence-corrected chi connectivity index (χ2v) is 6.31. The maximum atomic E-state index is 12.3. The first-order valence-electron chi connectivity index (χ1n) is 7.56. The Morgan fingerprint density at radius 1 is 1.30 bits per heavy atom. The predicted octanol–water partition coefficient (Wildman–Crippen LogP) is 3.06. The van der Waals surface area contributed by atoms with Crippen molar-refractivity contribution in [3.8, 4) is 11.3 Å². The van der Waals surface area contributed by atoms with E-state index in [9.17, 15) is 24.5 Å². The highest BCUT2D eigenvalue weighted by Crippen LogP contribution is 2.35. The van der Waals surface area contributed by atoms with Crippen LogP contribution < -0.4 is 0 Å². The van der Waals surface area contributed by atoms with Crippen LogP contribution in [0.15, 0.2) is 45.7 Å². The van der Waals surface area contributed by atoms with Gasteiger partial charge in [-0.3, -0.25) is 29.4 Å². The zero-order chi connectivity index (χ0) is 19.6. The highest BCUT2D eigenvalue weighted by molar-refractivity contribution is 8.18. The zero-order valence-electron chi connectivity index (χ0n) is 13.9. The van der Waals surface area contributed by atoms with E-state index in [2.05, 4.69) is 4.74 Å². The fourth-order valence-electron chi connectivity index (χ4n) is 2.38. The lowest BCUT2D eigenvalue weighted by Gasteiger charge is -2.09. The zero-order valence-corrected chi connectivity index (χ0v) is 14.7. The van der Waals surface area contributed by atoms with Crippen LogP contribution in [0.25, 0.3) is 17.4 Å². The van der Waals surface area contributed by atoms with Crippen LogP contribution in [0.1, 0.15) is 5.76 Å². The standard InChI is InChI=1S/C17H12N2O7S/c1-25-15(20)9-18-16(21)14(27-17(18)22)8-10-6-7-13(26-10)11-4-2-3-5-12(11)19(23)24/h2-8H,9H2,1H3/b14-8+. The second-order valence-electron chi connectivity index (χ2n) is 5.32. The van der Waals surface area contributed by atoms with Gasteiger partial charge in [0, 0.05) is 12.1 Å². The topological polar surface area (TPSA) is 120 Å². The molecule has 1 aromatic carbocycles. The lowest BCUT2D eigenvalue weighted by Crippen LogP contribution is -2.34. The van der Waals surface area contributed by atoms with Crippen LogP contribution in [0.3, 0.4) is 0 Å². The van der Waals surface area contributed by atoms with Crippen LogP contribution in [0, 0.1) is 10.1 Å². The van der Waals surface area contributed by atoms with Crippen molar-refractivity contribution in [2.24, 2.45) is 0 Å². The molecule has 2 amide bonds. The van der Waals surface area contributed by atoms with E-state index in [0.717, 1.165) is 12.0 Å². The number of ether oxygens (including phenoxy) is 1. The van der Waals surface area contributed by atoms with Crippen LogP contribution in [0.2, 0.25) is 0 Å². The Morgan fingerprint density at radius 2 is 2.04 bits per heavy atom. The minimum atomic E-state index is -0.713. The number of nitro benzene ring substituents is 1. The molecule has 1 saturated heterocycles. The summed E-state index contributed by atoms with van der Waals surface area (Å²) in [6.07, 6.45) is 1.35. The minimum absolute atomic E-state index is 0.0763. The third-order valence-electron chi connectivity index (χ3n) is 3.65. The lowest BCUT2D eigenvalue weighted by atomic mass is 10.1. The van der Waals surface area contributed by atoms with E-state index in [0.29, 0.717) is 17.3 Å². The van der Waals surface area contributed by atoms with Gasteiger partial charge in [-0.1, -0.05) is 12.1 Å². The third-order valence-corrected chi connectivity index (χ3v) is 4.56. The van der Waals surface area contributed by atoms with Gasteiger partial charge >= 0.3 is 5.97 Å². The molecule has 0 radical (unpaired) electrons. The van der Waals surface area contributed by atoms with Crippen molar-refractivity contribution in [2.45, 2.75) is 0 Å². The SMILES string of the molecule is COC(=O)CN1C(=O)S/C(=C/c2ccc(-c3ccccc3[N+](=O)[O-])o2)C1=O. The molecule has 1 aliphatic rings. The lowest BCUT2D eigenvalue weighted by molar-refractivity contribution is -0.384. The molecule has 0 saturated carbocycles. The molecule has 1 aliphatic heterocycles. The van der Waals surface area contributed by atoms with Crippen LogP contribution in [-0.2, 0) is 14.3 Å². The van der Waals surface area contributed by atoms with Crippen molar-refractivity contribution in [3.63, 3.8) is 0 Å². The summed E-state index contributed by atoms with van der Waals surface area (Å²) in [6.45, 7) is -0.474. The molecule has 3 rings (SSSR count). The number of nitro groups is 1. The first-order valence-corrected chi connectivity index (χ1v) is 8.38. The van der Waals surface area contributed by atoms with Gasteiger partial charge in [0.2, 0.25) is 0 Å². The number of para-hydroxylation sites is 1. The Balaban J connectivity index is 1.86. The average Bonchev–Trinajstić information content (AvgIpc) is 3.22. The molecule has 9 nitrogen and oxygen atoms in total. The molecule has 2 aromatic rings. The molecule has 0 unspecified atom stereocenters. The minimum Gasteiger partial charge on any atom is -0.468 e. The number of carbonyl (C=O) groups is 3. The third kappa shape index (κ3) is 3.75. The normalized spacial score (nSPS) is 15.4. The van der Waals surface area contributed by atoms with Gasteiger partial charge in [0.15, 0.2) is 0 Å². The summed E-state index contributed by atoms with van der Waals surface area (Å²) < 4.78 is 10.0. The maximum Gasteiger partial charge on any atom is 0.325 e. The van der Waals surface area contributed by atoms with E-state index in [4.69, 9.17) is 4.42 Å². The van der Waals surface area contributed by atoms with E-state index < -0.39 is 28.6 Å². The van der Waals surface area contributed by atoms with Crippen LogP contribution in [-0.4, -0.2) is 40.6 Å². The highest BCUT2D eigenvalue weighted by atomic mass is 32.2. The van der Waals surface area contributed by atoms with Gasteiger partial charge in [-0.05, 0) is 30.0 Å².